The molecule has 0 radical (unpaired) electrons. The third-order valence-corrected chi connectivity index (χ3v) is 3.84. The number of carbonyl (C=O) groups excluding carboxylic acids is 2. The fourth-order valence-electron chi connectivity index (χ4n) is 2.52. The van der Waals surface area contributed by atoms with Gasteiger partial charge in [-0.15, -0.1) is 0 Å². The van der Waals surface area contributed by atoms with Gasteiger partial charge in [-0.1, -0.05) is 38.5 Å². The Bertz CT molecular complexity index is 830. The van der Waals surface area contributed by atoms with Crippen LogP contribution in [0.2, 0.25) is 0 Å². The summed E-state index contributed by atoms with van der Waals surface area (Å²) in [6, 6.07) is 0. The van der Waals surface area contributed by atoms with Crippen molar-refractivity contribution in [3.05, 3.63) is 22.7 Å². The molecule has 0 bridgehead atoms. The Kier molecular flexibility index (Phi) is 4.22. The molecule has 0 aromatic carbocycles. The number of Topliss-reactive ketones (excluding diaryl/α,β-unsaturated/α-hetero) is 2. The van der Waals surface area contributed by atoms with Crippen molar-refractivity contribution in [1.29, 1.82) is 0 Å². The fourth-order valence-corrected chi connectivity index (χ4v) is 2.52. The third-order valence-electron chi connectivity index (χ3n) is 3.84. The molecule has 0 atom stereocenters. The smallest absolute Gasteiger partial charge is 0.228 e. The van der Waals surface area contributed by atoms with E-state index in [1.165, 1.54) is 0 Å². The van der Waals surface area contributed by atoms with Crippen molar-refractivity contribution in [2.75, 3.05) is 20.6 Å². The van der Waals surface area contributed by atoms with Crippen LogP contribution in [0.3, 0.4) is 0 Å². The standard InChI is InChI=1S/C19H30O5/c1-14-15(12-10-8-6-4-5-7-9-11-13-20)17(22)19(24-3)18(23-2)16(14)21/h20H,4-13H2,1-3H3/i1D3,2D3,3D3,13D2. The van der Waals surface area contributed by atoms with Gasteiger partial charge in [0.25, 0.3) is 0 Å². The van der Waals surface area contributed by atoms with Crippen LogP contribution in [0.25, 0.3) is 0 Å². The summed E-state index contributed by atoms with van der Waals surface area (Å²) in [7, 11) is -6.50. The number of unbranched alkanes of at least 4 members (excludes halogenated alkanes) is 6. The second kappa shape index (κ2) is 11.0. The number of rotatable bonds is 12. The highest BCUT2D eigenvalue weighted by Gasteiger charge is 2.34. The molecule has 24 heavy (non-hydrogen) atoms. The van der Waals surface area contributed by atoms with Crippen molar-refractivity contribution in [3.8, 4) is 0 Å². The van der Waals surface area contributed by atoms with Crippen molar-refractivity contribution in [2.45, 2.75) is 64.6 Å². The highest BCUT2D eigenvalue weighted by atomic mass is 16.5. The Hall–Kier alpha value is -1.62. The van der Waals surface area contributed by atoms with Crippen LogP contribution in [-0.4, -0.2) is 37.3 Å². The maximum Gasteiger partial charge on any atom is 0.228 e. The van der Waals surface area contributed by atoms with E-state index in [-0.39, 0.29) is 12.8 Å². The lowest BCUT2D eigenvalue weighted by Gasteiger charge is -2.20. The number of carbonyl (C=O) groups is 2. The van der Waals surface area contributed by atoms with Gasteiger partial charge < -0.3 is 14.6 Å². The molecule has 1 N–H and O–H groups in total. The molecular formula is C19H30O5. The maximum absolute atomic E-state index is 13.0. The number of ether oxygens (including phenoxy) is 2. The van der Waals surface area contributed by atoms with Crippen molar-refractivity contribution >= 4 is 11.6 Å². The lowest BCUT2D eigenvalue weighted by molar-refractivity contribution is -0.121. The summed E-state index contributed by atoms with van der Waals surface area (Å²) in [5, 5.41) is 9.04. The number of allylic oxidation sites excluding steroid dienone is 2. The van der Waals surface area contributed by atoms with E-state index < -0.39 is 61.7 Å². The van der Waals surface area contributed by atoms with Gasteiger partial charge in [0.1, 0.15) is 0 Å². The summed E-state index contributed by atoms with van der Waals surface area (Å²) >= 11 is 0. The minimum atomic E-state index is -3.27. The minimum Gasteiger partial charge on any atom is -0.489 e. The molecule has 0 fully saturated rings. The van der Waals surface area contributed by atoms with Gasteiger partial charge in [0.05, 0.1) is 25.0 Å². The predicted molar refractivity (Wildman–Crippen MR) is 92.4 cm³/mol. The molecular weight excluding hydrogens is 308 g/mol. The minimum absolute atomic E-state index is 0.0385. The van der Waals surface area contributed by atoms with E-state index in [9.17, 15) is 9.59 Å². The van der Waals surface area contributed by atoms with Crippen LogP contribution in [0.4, 0.5) is 0 Å². The van der Waals surface area contributed by atoms with E-state index in [4.69, 9.17) is 20.2 Å². The molecule has 5 nitrogen and oxygen atoms in total. The van der Waals surface area contributed by atoms with Crippen LogP contribution >= 0.6 is 0 Å². The fraction of sp³-hybridized carbons (Fsp3) is 0.684. The third kappa shape index (κ3) is 5.48. The van der Waals surface area contributed by atoms with Crippen LogP contribution in [-0.2, 0) is 19.1 Å². The molecule has 0 aromatic heterocycles. The molecule has 1 rings (SSSR count). The lowest BCUT2D eigenvalue weighted by atomic mass is 9.89. The molecule has 1 aliphatic carbocycles. The van der Waals surface area contributed by atoms with E-state index in [0.29, 0.717) is 32.1 Å². The van der Waals surface area contributed by atoms with Gasteiger partial charge >= 0.3 is 0 Å². The first-order chi connectivity index (χ1) is 15.7. The normalized spacial score (nSPS) is 24.3. The van der Waals surface area contributed by atoms with Crippen LogP contribution in [0.5, 0.6) is 0 Å². The molecule has 1 aliphatic rings. The zero-order chi connectivity index (χ0) is 27.2. The number of ketones is 2. The Balaban J connectivity index is 2.97. The van der Waals surface area contributed by atoms with Crippen LogP contribution < -0.4 is 0 Å². The van der Waals surface area contributed by atoms with Crippen molar-refractivity contribution in [1.82, 2.24) is 0 Å². The van der Waals surface area contributed by atoms with Gasteiger partial charge in [0, 0.05) is 21.8 Å². The summed E-state index contributed by atoms with van der Waals surface area (Å²) < 4.78 is 89.6. The first kappa shape index (κ1) is 9.18. The molecule has 0 aliphatic heterocycles. The first-order valence-electron chi connectivity index (χ1n) is 13.4. The zero-order valence-electron chi connectivity index (χ0n) is 24.4. The first-order valence-corrected chi connectivity index (χ1v) is 7.91. The molecule has 0 saturated heterocycles. The SMILES string of the molecule is [2H]C([2H])(O)CCCCCCCCCC1=C(C([2H])([2H])[2H])C(=O)C(OC([2H])([2H])[2H])=C(OC([2H])([2H])[2H])C1=O. The Morgan fingerprint density at radius 1 is 0.875 bits per heavy atom. The summed E-state index contributed by atoms with van der Waals surface area (Å²) in [5.41, 5.74) is -1.38. The van der Waals surface area contributed by atoms with Gasteiger partial charge in [-0.2, -0.15) is 0 Å². The van der Waals surface area contributed by atoms with Crippen molar-refractivity contribution < 1.29 is 39.2 Å². The van der Waals surface area contributed by atoms with Gasteiger partial charge in [-0.05, 0) is 26.1 Å². The van der Waals surface area contributed by atoms with E-state index in [1.54, 1.807) is 0 Å². The summed E-state index contributed by atoms with van der Waals surface area (Å²) in [6.45, 7) is -5.28. The number of hydrogen-bond acceptors (Lipinski definition) is 5. The average Bonchev–Trinajstić information content (AvgIpc) is 2.63. The molecule has 5 heteroatoms. The molecule has 0 spiro atoms. The molecule has 0 amide bonds. The second-order valence-electron chi connectivity index (χ2n) is 5.51. The zero-order valence-corrected chi connectivity index (χ0v) is 13.4. The van der Waals surface area contributed by atoms with E-state index in [0.717, 1.165) is 12.8 Å². The Morgan fingerprint density at radius 2 is 1.42 bits per heavy atom. The summed E-state index contributed by atoms with van der Waals surface area (Å²) in [5.74, 6) is -5.07. The van der Waals surface area contributed by atoms with Gasteiger partial charge in [-0.25, -0.2) is 0 Å². The number of hydrogen-bond donors (Lipinski definition) is 1. The van der Waals surface area contributed by atoms with Gasteiger partial charge in [0.2, 0.25) is 23.1 Å². The molecule has 0 aromatic rings. The van der Waals surface area contributed by atoms with E-state index in [1.807, 2.05) is 0 Å². The predicted octanol–water partition coefficient (Wildman–Crippen LogP) is 3.46. The lowest BCUT2D eigenvalue weighted by Crippen LogP contribution is -2.25. The van der Waals surface area contributed by atoms with Crippen LogP contribution in [0, 0.1) is 0 Å². The average molecular weight is 350 g/mol. The highest BCUT2D eigenvalue weighted by Crippen LogP contribution is 2.28. The molecule has 136 valence electrons. The largest absolute Gasteiger partial charge is 0.489 e. The quantitative estimate of drug-likeness (QED) is 0.431. The van der Waals surface area contributed by atoms with Crippen LogP contribution in [0.1, 0.15) is 79.7 Å². The topological polar surface area (TPSA) is 72.8 Å². The number of aliphatic hydroxyl groups is 1. The highest BCUT2D eigenvalue weighted by molar-refractivity contribution is 6.23. The molecule has 0 heterocycles. The van der Waals surface area contributed by atoms with E-state index >= 15 is 0 Å². The maximum atomic E-state index is 13.0. The second-order valence-corrected chi connectivity index (χ2v) is 5.51. The Morgan fingerprint density at radius 3 is 1.96 bits per heavy atom. The van der Waals surface area contributed by atoms with Gasteiger partial charge in [0.15, 0.2) is 0 Å². The summed E-state index contributed by atoms with van der Waals surface area (Å²) in [4.78, 5) is 25.9. The van der Waals surface area contributed by atoms with Gasteiger partial charge in [-0.3, -0.25) is 9.59 Å². The van der Waals surface area contributed by atoms with Crippen LogP contribution in [0.15, 0.2) is 22.7 Å². The Labute approximate surface area is 160 Å². The monoisotopic (exact) mass is 349 g/mol. The van der Waals surface area contributed by atoms with Crippen molar-refractivity contribution in [3.63, 3.8) is 0 Å². The molecule has 0 unspecified atom stereocenters. The number of methoxy groups -OCH3 is 2. The molecule has 0 saturated carbocycles. The van der Waals surface area contributed by atoms with E-state index in [2.05, 4.69) is 9.47 Å². The summed E-state index contributed by atoms with van der Waals surface area (Å²) in [6.07, 6.45) is 4.22. The van der Waals surface area contributed by atoms with Crippen molar-refractivity contribution in [2.24, 2.45) is 0 Å².